The van der Waals surface area contributed by atoms with Crippen LogP contribution in [0.4, 0.5) is 8.78 Å². The zero-order chi connectivity index (χ0) is 16.2. The number of hydrogen-bond donors (Lipinski definition) is 2. The number of alkyl halides is 2. The molecule has 1 aromatic carbocycles. The molecule has 1 aliphatic rings. The predicted molar refractivity (Wildman–Crippen MR) is 92.3 cm³/mol. The molecule has 2 heterocycles. The summed E-state index contributed by atoms with van der Waals surface area (Å²) in [7, 11) is 0. The van der Waals surface area contributed by atoms with Gasteiger partial charge in [0, 0.05) is 30.4 Å². The fraction of sp³-hybridized carbons (Fsp3) is 0.312. The minimum absolute atomic E-state index is 0. The highest BCUT2D eigenvalue weighted by Gasteiger charge is 2.18. The first-order chi connectivity index (χ1) is 11.1. The van der Waals surface area contributed by atoms with Crippen molar-refractivity contribution in [3.63, 3.8) is 0 Å². The Balaban J connectivity index is 0.00000208. The van der Waals surface area contributed by atoms with Crippen molar-refractivity contribution in [2.24, 2.45) is 5.92 Å². The van der Waals surface area contributed by atoms with Gasteiger partial charge in [-0.05, 0) is 42.0 Å². The van der Waals surface area contributed by atoms with Crippen molar-refractivity contribution in [3.05, 3.63) is 41.3 Å². The van der Waals surface area contributed by atoms with Crippen LogP contribution in [-0.4, -0.2) is 32.2 Å². The van der Waals surface area contributed by atoms with Gasteiger partial charge in [-0.25, -0.2) is 0 Å². The Kier molecular flexibility index (Phi) is 6.53. The fourth-order valence-corrected chi connectivity index (χ4v) is 3.16. The Bertz CT molecular complexity index is 675. The maximum absolute atomic E-state index is 12.1. The van der Waals surface area contributed by atoms with Gasteiger partial charge in [-0.15, -0.1) is 23.7 Å². The quantitative estimate of drug-likeness (QED) is 0.815. The standard InChI is InChI=1S/C16H16F2N2O2S.ClH/c17-16(18)22-12-3-1-11(2-4-12)13-5-6-14(23-13)15(21)20-9-10-7-19-8-10;/h1-6,10,16,19H,7-9H2,(H,20,21);1H. The summed E-state index contributed by atoms with van der Waals surface area (Å²) in [4.78, 5) is 13.6. The Morgan fingerprint density at radius 1 is 1.25 bits per heavy atom. The first kappa shape index (κ1) is 18.6. The normalized spacial score (nSPS) is 14.0. The predicted octanol–water partition coefficient (Wildman–Crippen LogP) is 3.39. The largest absolute Gasteiger partial charge is 0.435 e. The molecule has 0 aliphatic carbocycles. The van der Waals surface area contributed by atoms with Crippen LogP contribution in [0.25, 0.3) is 10.4 Å². The van der Waals surface area contributed by atoms with Crippen LogP contribution in [0.1, 0.15) is 9.67 Å². The van der Waals surface area contributed by atoms with Crippen LogP contribution < -0.4 is 15.4 Å². The maximum Gasteiger partial charge on any atom is 0.387 e. The van der Waals surface area contributed by atoms with Crippen LogP contribution in [0.3, 0.4) is 0 Å². The molecule has 0 bridgehead atoms. The van der Waals surface area contributed by atoms with Gasteiger partial charge in [0.05, 0.1) is 4.88 Å². The van der Waals surface area contributed by atoms with E-state index < -0.39 is 6.61 Å². The van der Waals surface area contributed by atoms with E-state index in [1.54, 1.807) is 18.2 Å². The van der Waals surface area contributed by atoms with E-state index in [9.17, 15) is 13.6 Å². The second kappa shape index (κ2) is 8.41. The molecular weight excluding hydrogens is 358 g/mol. The molecule has 1 fully saturated rings. The lowest BCUT2D eigenvalue weighted by molar-refractivity contribution is -0.0498. The van der Waals surface area contributed by atoms with Gasteiger partial charge < -0.3 is 15.4 Å². The minimum Gasteiger partial charge on any atom is -0.435 e. The van der Waals surface area contributed by atoms with Crippen molar-refractivity contribution in [1.82, 2.24) is 10.6 Å². The summed E-state index contributed by atoms with van der Waals surface area (Å²) < 4.78 is 28.6. The lowest BCUT2D eigenvalue weighted by atomic mass is 10.0. The number of ether oxygens (including phenoxy) is 1. The Labute approximate surface area is 148 Å². The molecule has 0 saturated carbocycles. The van der Waals surface area contributed by atoms with Crippen molar-refractivity contribution >= 4 is 29.7 Å². The Morgan fingerprint density at radius 3 is 2.54 bits per heavy atom. The third-order valence-electron chi connectivity index (χ3n) is 3.61. The van der Waals surface area contributed by atoms with Crippen molar-refractivity contribution in [2.45, 2.75) is 6.61 Å². The summed E-state index contributed by atoms with van der Waals surface area (Å²) in [6, 6.07) is 10.0. The van der Waals surface area contributed by atoms with Crippen molar-refractivity contribution in [3.8, 4) is 16.2 Å². The average molecular weight is 375 g/mol. The van der Waals surface area contributed by atoms with E-state index in [4.69, 9.17) is 0 Å². The van der Waals surface area contributed by atoms with Gasteiger partial charge in [-0.1, -0.05) is 0 Å². The number of nitrogens with one attached hydrogen (secondary N) is 2. The molecule has 130 valence electrons. The lowest BCUT2D eigenvalue weighted by Crippen LogP contribution is -2.48. The zero-order valence-corrected chi connectivity index (χ0v) is 14.3. The van der Waals surface area contributed by atoms with Gasteiger partial charge in [0.15, 0.2) is 0 Å². The van der Waals surface area contributed by atoms with Crippen LogP contribution in [0, 0.1) is 5.92 Å². The SMILES string of the molecule is Cl.O=C(NCC1CNC1)c1ccc(-c2ccc(OC(F)F)cc2)s1. The lowest BCUT2D eigenvalue weighted by Gasteiger charge is -2.26. The summed E-state index contributed by atoms with van der Waals surface area (Å²) in [5.41, 5.74) is 0.860. The monoisotopic (exact) mass is 374 g/mol. The molecule has 2 aromatic rings. The van der Waals surface area contributed by atoms with Crippen molar-refractivity contribution in [2.75, 3.05) is 19.6 Å². The summed E-state index contributed by atoms with van der Waals surface area (Å²) in [5.74, 6) is 0.555. The molecule has 24 heavy (non-hydrogen) atoms. The maximum atomic E-state index is 12.1. The van der Waals surface area contributed by atoms with E-state index in [1.165, 1.54) is 23.5 Å². The van der Waals surface area contributed by atoms with Crippen LogP contribution in [0.2, 0.25) is 0 Å². The Hall–Kier alpha value is -1.70. The molecule has 2 N–H and O–H groups in total. The van der Waals surface area contributed by atoms with Crippen LogP contribution in [-0.2, 0) is 0 Å². The molecule has 3 rings (SSSR count). The van der Waals surface area contributed by atoms with Gasteiger partial charge in [-0.2, -0.15) is 8.78 Å². The van der Waals surface area contributed by atoms with Gasteiger partial charge >= 0.3 is 6.61 Å². The summed E-state index contributed by atoms with van der Waals surface area (Å²) in [6.07, 6.45) is 0. The minimum atomic E-state index is -2.83. The van der Waals surface area contributed by atoms with E-state index in [2.05, 4.69) is 15.4 Å². The molecule has 0 radical (unpaired) electrons. The first-order valence-electron chi connectivity index (χ1n) is 7.26. The number of hydrogen-bond acceptors (Lipinski definition) is 4. The average Bonchev–Trinajstić information content (AvgIpc) is 2.95. The third-order valence-corrected chi connectivity index (χ3v) is 4.74. The third kappa shape index (κ3) is 4.66. The smallest absolute Gasteiger partial charge is 0.387 e. The number of carbonyl (C=O) groups is 1. The molecular formula is C16H17ClF2N2O2S. The summed E-state index contributed by atoms with van der Waals surface area (Å²) in [6.45, 7) is -0.256. The first-order valence-corrected chi connectivity index (χ1v) is 8.07. The van der Waals surface area contributed by atoms with E-state index in [0.29, 0.717) is 17.3 Å². The fourth-order valence-electron chi connectivity index (χ4n) is 2.23. The van der Waals surface area contributed by atoms with Crippen molar-refractivity contribution in [1.29, 1.82) is 0 Å². The highest BCUT2D eigenvalue weighted by molar-refractivity contribution is 7.17. The van der Waals surface area contributed by atoms with Gasteiger partial charge in [0.2, 0.25) is 0 Å². The molecule has 4 nitrogen and oxygen atoms in total. The van der Waals surface area contributed by atoms with Crippen molar-refractivity contribution < 1.29 is 18.3 Å². The summed E-state index contributed by atoms with van der Waals surface area (Å²) in [5, 5.41) is 6.09. The highest BCUT2D eigenvalue weighted by Crippen LogP contribution is 2.29. The van der Waals surface area contributed by atoms with E-state index in [1.807, 2.05) is 6.07 Å². The highest BCUT2D eigenvalue weighted by atomic mass is 35.5. The topological polar surface area (TPSA) is 50.4 Å². The van der Waals surface area contributed by atoms with Gasteiger partial charge in [-0.3, -0.25) is 4.79 Å². The van der Waals surface area contributed by atoms with Crippen LogP contribution in [0.5, 0.6) is 5.75 Å². The van der Waals surface area contributed by atoms with Gasteiger partial charge in [0.1, 0.15) is 5.75 Å². The second-order valence-corrected chi connectivity index (χ2v) is 6.38. The zero-order valence-electron chi connectivity index (χ0n) is 12.6. The summed E-state index contributed by atoms with van der Waals surface area (Å²) >= 11 is 1.37. The molecule has 0 spiro atoms. The number of thiophene rings is 1. The number of carbonyl (C=O) groups excluding carboxylic acids is 1. The van der Waals surface area contributed by atoms with E-state index in [-0.39, 0.29) is 24.1 Å². The molecule has 0 unspecified atom stereocenters. The van der Waals surface area contributed by atoms with E-state index >= 15 is 0 Å². The van der Waals surface area contributed by atoms with E-state index in [0.717, 1.165) is 23.5 Å². The number of amides is 1. The Morgan fingerprint density at radius 2 is 1.96 bits per heavy atom. The second-order valence-electron chi connectivity index (χ2n) is 5.30. The number of halogens is 3. The molecule has 8 heteroatoms. The van der Waals surface area contributed by atoms with Gasteiger partial charge in [0.25, 0.3) is 5.91 Å². The van der Waals surface area contributed by atoms with Crippen LogP contribution >= 0.6 is 23.7 Å². The number of rotatable bonds is 6. The molecule has 0 atom stereocenters. The molecule has 1 amide bonds. The molecule has 1 aromatic heterocycles. The number of benzene rings is 1. The van der Waals surface area contributed by atoms with Crippen LogP contribution in [0.15, 0.2) is 36.4 Å². The molecule has 1 aliphatic heterocycles. The molecule has 1 saturated heterocycles.